The number of nitrogens with one attached hydrogen (secondary N) is 1. The first-order valence-electron chi connectivity index (χ1n) is 10.4. The highest BCUT2D eigenvalue weighted by Crippen LogP contribution is 2.52. The van der Waals surface area contributed by atoms with Crippen LogP contribution in [0.2, 0.25) is 0 Å². The second-order valence-electron chi connectivity index (χ2n) is 7.36. The van der Waals surface area contributed by atoms with E-state index in [2.05, 4.69) is 17.6 Å². The summed E-state index contributed by atoms with van der Waals surface area (Å²) in [7, 11) is 0. The number of thioether (sulfide) groups is 2. The zero-order chi connectivity index (χ0) is 20.7. The summed E-state index contributed by atoms with van der Waals surface area (Å²) in [5.41, 5.74) is 3.75. The zero-order valence-corrected chi connectivity index (χ0v) is 18.5. The predicted molar refractivity (Wildman–Crippen MR) is 122 cm³/mol. The molecular weight excluding hydrogens is 418 g/mol. The summed E-state index contributed by atoms with van der Waals surface area (Å²) in [6, 6.07) is 17.8. The largest absolute Gasteiger partial charge is 0.457 e. The lowest BCUT2D eigenvalue weighted by molar-refractivity contribution is -0.200. The molecule has 2 aliphatic heterocycles. The van der Waals surface area contributed by atoms with E-state index in [1.165, 1.54) is 0 Å². The molecular formula is C23H27NO4S2. The number of rotatable bonds is 7. The van der Waals surface area contributed by atoms with Gasteiger partial charge in [0.1, 0.15) is 11.5 Å². The van der Waals surface area contributed by atoms with Crippen LogP contribution in [-0.4, -0.2) is 30.3 Å². The number of hydroxylamine groups is 1. The fraction of sp³-hybridized carbons (Fsp3) is 0.435. The van der Waals surface area contributed by atoms with E-state index in [4.69, 9.17) is 14.3 Å². The molecule has 4 rings (SSSR count). The Kier molecular flexibility index (Phi) is 7.60. The van der Waals surface area contributed by atoms with Gasteiger partial charge in [0.2, 0.25) is 5.91 Å². The molecule has 2 aliphatic rings. The van der Waals surface area contributed by atoms with Gasteiger partial charge in [-0.3, -0.25) is 4.79 Å². The van der Waals surface area contributed by atoms with E-state index < -0.39 is 0 Å². The summed E-state index contributed by atoms with van der Waals surface area (Å²) >= 11 is 3.68. The van der Waals surface area contributed by atoms with Gasteiger partial charge in [0, 0.05) is 13.0 Å². The number of carbonyl (C=O) groups excluding carboxylic acids is 1. The van der Waals surface area contributed by atoms with Crippen molar-refractivity contribution < 1.29 is 19.1 Å². The second-order valence-corrected chi connectivity index (χ2v) is 10.4. The van der Waals surface area contributed by atoms with Crippen LogP contribution in [0.5, 0.6) is 11.5 Å². The van der Waals surface area contributed by atoms with E-state index in [1.807, 2.05) is 66.0 Å². The Morgan fingerprint density at radius 2 is 1.73 bits per heavy atom. The molecule has 2 heterocycles. The van der Waals surface area contributed by atoms with Gasteiger partial charge in [0.15, 0.2) is 6.29 Å². The SMILES string of the molecule is O=C(CC1(c2ccc(Oc3ccccc3)cc2)SCCCS1)NOC1CCCCO1. The summed E-state index contributed by atoms with van der Waals surface area (Å²) in [5, 5.41) is 0. The minimum Gasteiger partial charge on any atom is -0.457 e. The number of carbonyl (C=O) groups is 1. The minimum atomic E-state index is -0.334. The fourth-order valence-corrected chi connectivity index (χ4v) is 6.85. The van der Waals surface area contributed by atoms with E-state index in [1.54, 1.807) is 0 Å². The van der Waals surface area contributed by atoms with Crippen molar-refractivity contribution in [1.82, 2.24) is 5.48 Å². The average molecular weight is 446 g/mol. The van der Waals surface area contributed by atoms with Crippen LogP contribution in [0.15, 0.2) is 54.6 Å². The van der Waals surface area contributed by atoms with Crippen LogP contribution >= 0.6 is 23.5 Å². The zero-order valence-electron chi connectivity index (χ0n) is 16.9. The van der Waals surface area contributed by atoms with Gasteiger partial charge < -0.3 is 9.47 Å². The van der Waals surface area contributed by atoms with Crippen molar-refractivity contribution in [1.29, 1.82) is 0 Å². The average Bonchev–Trinajstić information content (AvgIpc) is 2.80. The summed E-state index contributed by atoms with van der Waals surface area (Å²) in [6.45, 7) is 0.688. The Labute approximate surface area is 186 Å². The molecule has 2 aromatic rings. The maximum atomic E-state index is 12.7. The Balaban J connectivity index is 1.41. The Morgan fingerprint density at radius 1 is 1.00 bits per heavy atom. The minimum absolute atomic E-state index is 0.115. The van der Waals surface area contributed by atoms with Gasteiger partial charge in [0.05, 0.1) is 10.5 Å². The highest BCUT2D eigenvalue weighted by atomic mass is 32.2. The Hall–Kier alpha value is -1.67. The molecule has 0 aromatic heterocycles. The number of hydrogen-bond donors (Lipinski definition) is 1. The third-order valence-electron chi connectivity index (χ3n) is 5.07. The van der Waals surface area contributed by atoms with Crippen LogP contribution < -0.4 is 10.2 Å². The van der Waals surface area contributed by atoms with Gasteiger partial charge in [-0.05, 0) is 60.6 Å². The summed E-state index contributed by atoms with van der Waals surface area (Å²) < 4.78 is 11.1. The Morgan fingerprint density at radius 3 is 2.43 bits per heavy atom. The third-order valence-corrected chi connectivity index (χ3v) is 8.45. The van der Waals surface area contributed by atoms with Crippen molar-refractivity contribution >= 4 is 29.4 Å². The van der Waals surface area contributed by atoms with E-state index in [0.29, 0.717) is 13.0 Å². The van der Waals surface area contributed by atoms with Gasteiger partial charge in [-0.2, -0.15) is 0 Å². The first kappa shape index (κ1) is 21.6. The van der Waals surface area contributed by atoms with Gasteiger partial charge in [-0.25, -0.2) is 10.3 Å². The molecule has 1 unspecified atom stereocenters. The van der Waals surface area contributed by atoms with Gasteiger partial charge in [-0.1, -0.05) is 30.3 Å². The smallest absolute Gasteiger partial charge is 0.246 e. The molecule has 0 aliphatic carbocycles. The first-order chi connectivity index (χ1) is 14.7. The topological polar surface area (TPSA) is 56.8 Å². The highest BCUT2D eigenvalue weighted by molar-refractivity contribution is 8.18. The van der Waals surface area contributed by atoms with Gasteiger partial charge in [0.25, 0.3) is 0 Å². The van der Waals surface area contributed by atoms with Gasteiger partial charge >= 0.3 is 0 Å². The molecule has 2 saturated heterocycles. The standard InChI is InChI=1S/C23H27NO4S2/c25-21(24-28-22-9-4-5-14-26-22)17-23(29-15-6-16-30-23)18-10-12-20(13-11-18)27-19-7-2-1-3-8-19/h1-3,7-8,10-13,22H,4-6,9,14-17H2,(H,24,25). The molecule has 5 nitrogen and oxygen atoms in total. The van der Waals surface area contributed by atoms with Crippen molar-refractivity contribution in [2.45, 2.75) is 42.5 Å². The molecule has 0 saturated carbocycles. The van der Waals surface area contributed by atoms with Crippen LogP contribution in [0.3, 0.4) is 0 Å². The lowest BCUT2D eigenvalue weighted by Crippen LogP contribution is -2.36. The quantitative estimate of drug-likeness (QED) is 0.571. The van der Waals surface area contributed by atoms with Crippen LogP contribution in [0.1, 0.15) is 37.7 Å². The monoisotopic (exact) mass is 445 g/mol. The molecule has 1 N–H and O–H groups in total. The van der Waals surface area contributed by atoms with Crippen molar-refractivity contribution in [3.05, 3.63) is 60.2 Å². The molecule has 7 heteroatoms. The Bertz CT molecular complexity index is 804. The number of ether oxygens (including phenoxy) is 2. The van der Waals surface area contributed by atoms with Crippen LogP contribution in [0.4, 0.5) is 0 Å². The molecule has 1 amide bonds. The maximum absolute atomic E-state index is 12.7. The van der Waals surface area contributed by atoms with Crippen molar-refractivity contribution in [3.63, 3.8) is 0 Å². The highest BCUT2D eigenvalue weighted by Gasteiger charge is 2.38. The molecule has 0 spiro atoms. The first-order valence-corrected chi connectivity index (χ1v) is 12.4. The summed E-state index contributed by atoms with van der Waals surface area (Å²) in [4.78, 5) is 18.2. The maximum Gasteiger partial charge on any atom is 0.246 e. The van der Waals surface area contributed by atoms with Crippen molar-refractivity contribution in [3.8, 4) is 11.5 Å². The lowest BCUT2D eigenvalue weighted by atomic mass is 10.1. The van der Waals surface area contributed by atoms with Crippen LogP contribution in [0.25, 0.3) is 0 Å². The van der Waals surface area contributed by atoms with E-state index in [0.717, 1.165) is 54.3 Å². The van der Waals surface area contributed by atoms with E-state index >= 15 is 0 Å². The summed E-state index contributed by atoms with van der Waals surface area (Å²) in [6.07, 6.45) is 4.10. The van der Waals surface area contributed by atoms with Crippen molar-refractivity contribution in [2.24, 2.45) is 0 Å². The molecule has 30 heavy (non-hydrogen) atoms. The molecule has 0 bridgehead atoms. The lowest BCUT2D eigenvalue weighted by Gasteiger charge is -2.36. The molecule has 2 fully saturated rings. The molecule has 0 radical (unpaired) electrons. The van der Waals surface area contributed by atoms with Crippen LogP contribution in [-0.2, 0) is 18.4 Å². The second kappa shape index (κ2) is 10.6. The number of hydrogen-bond acceptors (Lipinski definition) is 6. The number of para-hydroxylation sites is 1. The number of benzene rings is 2. The van der Waals surface area contributed by atoms with Crippen molar-refractivity contribution in [2.75, 3.05) is 18.1 Å². The molecule has 2 aromatic carbocycles. The summed E-state index contributed by atoms with van der Waals surface area (Å²) in [5.74, 6) is 3.55. The van der Waals surface area contributed by atoms with Gasteiger partial charge in [-0.15, -0.1) is 23.5 Å². The molecule has 1 atom stereocenters. The molecule has 160 valence electrons. The fourth-order valence-electron chi connectivity index (χ4n) is 3.53. The van der Waals surface area contributed by atoms with E-state index in [9.17, 15) is 4.79 Å². The van der Waals surface area contributed by atoms with Crippen LogP contribution in [0, 0.1) is 0 Å². The number of amides is 1. The van der Waals surface area contributed by atoms with E-state index in [-0.39, 0.29) is 16.3 Å². The third kappa shape index (κ3) is 5.72. The normalized spacial score (nSPS) is 21.0. The predicted octanol–water partition coefficient (Wildman–Crippen LogP) is 5.47.